The van der Waals surface area contributed by atoms with Crippen LogP contribution in [-0.4, -0.2) is 0 Å². The van der Waals surface area contributed by atoms with Gasteiger partial charge in [0.15, 0.2) is 0 Å². The maximum Gasteiger partial charge on any atom is 0.123 e. The SMILES string of the molecule is CC[C@H]1C[C@@H]2c3ccccc3Cc3ccc(F)cc3[C@H]2C1. The lowest BCUT2D eigenvalue weighted by Gasteiger charge is -2.20. The van der Waals surface area contributed by atoms with Crippen molar-refractivity contribution in [3.8, 4) is 0 Å². The number of rotatable bonds is 1. The predicted octanol–water partition coefficient (Wildman–Crippen LogP) is 5.42. The minimum Gasteiger partial charge on any atom is -0.207 e. The molecular formula is C20H21F. The van der Waals surface area contributed by atoms with E-state index in [1.165, 1.54) is 41.5 Å². The third-order valence-corrected chi connectivity index (χ3v) is 5.58. The molecule has 2 aliphatic rings. The highest BCUT2D eigenvalue weighted by Gasteiger charge is 2.38. The van der Waals surface area contributed by atoms with Crippen LogP contribution in [0.3, 0.4) is 0 Å². The lowest BCUT2D eigenvalue weighted by Crippen LogP contribution is -2.05. The maximum absolute atomic E-state index is 13.8. The summed E-state index contributed by atoms with van der Waals surface area (Å²) in [6.45, 7) is 2.29. The smallest absolute Gasteiger partial charge is 0.123 e. The molecule has 0 saturated heterocycles. The number of fused-ring (bicyclic) bond motifs is 5. The average Bonchev–Trinajstić information content (AvgIpc) is 2.89. The second kappa shape index (κ2) is 4.98. The Morgan fingerprint density at radius 2 is 1.67 bits per heavy atom. The summed E-state index contributed by atoms with van der Waals surface area (Å²) in [7, 11) is 0. The van der Waals surface area contributed by atoms with Crippen molar-refractivity contribution in [2.45, 2.75) is 44.4 Å². The Morgan fingerprint density at radius 3 is 2.48 bits per heavy atom. The Morgan fingerprint density at radius 1 is 0.952 bits per heavy atom. The van der Waals surface area contributed by atoms with Crippen molar-refractivity contribution in [3.05, 3.63) is 70.5 Å². The summed E-state index contributed by atoms with van der Waals surface area (Å²) in [6, 6.07) is 14.3. The van der Waals surface area contributed by atoms with Crippen LogP contribution in [0.15, 0.2) is 42.5 Å². The van der Waals surface area contributed by atoms with Gasteiger partial charge in [0.1, 0.15) is 5.82 Å². The molecule has 1 fully saturated rings. The number of hydrogen-bond donors (Lipinski definition) is 0. The Bertz CT molecular complexity index is 673. The molecule has 0 amide bonds. The van der Waals surface area contributed by atoms with E-state index in [9.17, 15) is 4.39 Å². The van der Waals surface area contributed by atoms with E-state index in [1.54, 1.807) is 12.1 Å². The van der Waals surface area contributed by atoms with Gasteiger partial charge in [-0.15, -0.1) is 0 Å². The summed E-state index contributed by atoms with van der Waals surface area (Å²) in [5.41, 5.74) is 5.55. The monoisotopic (exact) mass is 280 g/mol. The van der Waals surface area contributed by atoms with Gasteiger partial charge < -0.3 is 0 Å². The van der Waals surface area contributed by atoms with Crippen molar-refractivity contribution < 1.29 is 4.39 Å². The van der Waals surface area contributed by atoms with Crippen LogP contribution in [0, 0.1) is 11.7 Å². The minimum absolute atomic E-state index is 0.0848. The zero-order valence-electron chi connectivity index (χ0n) is 12.5. The summed E-state index contributed by atoms with van der Waals surface area (Å²) in [4.78, 5) is 0. The number of hydrogen-bond acceptors (Lipinski definition) is 0. The largest absolute Gasteiger partial charge is 0.207 e. The van der Waals surface area contributed by atoms with E-state index in [0.29, 0.717) is 11.8 Å². The van der Waals surface area contributed by atoms with Gasteiger partial charge in [-0.2, -0.15) is 0 Å². The Balaban J connectivity index is 1.90. The van der Waals surface area contributed by atoms with Crippen LogP contribution in [0.25, 0.3) is 0 Å². The Hall–Kier alpha value is -1.63. The molecule has 0 N–H and O–H groups in total. The van der Waals surface area contributed by atoms with Crippen LogP contribution < -0.4 is 0 Å². The fraction of sp³-hybridized carbons (Fsp3) is 0.400. The molecule has 0 bridgehead atoms. The third kappa shape index (κ3) is 2.10. The zero-order valence-corrected chi connectivity index (χ0v) is 12.5. The van der Waals surface area contributed by atoms with E-state index in [2.05, 4.69) is 31.2 Å². The van der Waals surface area contributed by atoms with Gasteiger partial charge in [0, 0.05) is 0 Å². The van der Waals surface area contributed by atoms with Crippen molar-refractivity contribution in [2.24, 2.45) is 5.92 Å². The van der Waals surface area contributed by atoms with Crippen LogP contribution in [0.4, 0.5) is 4.39 Å². The van der Waals surface area contributed by atoms with Gasteiger partial charge in [-0.1, -0.05) is 43.7 Å². The molecule has 0 spiro atoms. The van der Waals surface area contributed by atoms with Gasteiger partial charge in [-0.3, -0.25) is 0 Å². The molecular weight excluding hydrogens is 259 g/mol. The van der Waals surface area contributed by atoms with Gasteiger partial charge in [-0.25, -0.2) is 4.39 Å². The van der Waals surface area contributed by atoms with Gasteiger partial charge in [0.05, 0.1) is 0 Å². The van der Waals surface area contributed by atoms with E-state index in [1.807, 2.05) is 6.07 Å². The molecule has 1 heteroatoms. The van der Waals surface area contributed by atoms with Crippen LogP contribution in [0.2, 0.25) is 0 Å². The Labute approximate surface area is 126 Å². The van der Waals surface area contributed by atoms with E-state index in [0.717, 1.165) is 12.3 Å². The molecule has 0 aliphatic heterocycles. The summed E-state index contributed by atoms with van der Waals surface area (Å²) >= 11 is 0. The highest BCUT2D eigenvalue weighted by Crippen LogP contribution is 2.53. The van der Waals surface area contributed by atoms with Crippen molar-refractivity contribution >= 4 is 0 Å². The first-order chi connectivity index (χ1) is 10.3. The average molecular weight is 280 g/mol. The summed E-state index contributed by atoms with van der Waals surface area (Å²) in [5, 5.41) is 0. The summed E-state index contributed by atoms with van der Waals surface area (Å²) < 4.78 is 13.8. The zero-order chi connectivity index (χ0) is 14.4. The number of benzene rings is 2. The van der Waals surface area contributed by atoms with Crippen LogP contribution in [0.1, 0.15) is 60.3 Å². The first-order valence-electron chi connectivity index (χ1n) is 8.12. The molecule has 0 nitrogen and oxygen atoms in total. The second-order valence-electron chi connectivity index (χ2n) is 6.68. The van der Waals surface area contributed by atoms with Gasteiger partial charge in [0.2, 0.25) is 0 Å². The predicted molar refractivity (Wildman–Crippen MR) is 84.1 cm³/mol. The van der Waals surface area contributed by atoms with Crippen molar-refractivity contribution in [2.75, 3.05) is 0 Å². The minimum atomic E-state index is -0.0848. The summed E-state index contributed by atoms with van der Waals surface area (Å²) in [5.74, 6) is 1.78. The molecule has 2 aliphatic carbocycles. The van der Waals surface area contributed by atoms with E-state index >= 15 is 0 Å². The van der Waals surface area contributed by atoms with Crippen molar-refractivity contribution in [3.63, 3.8) is 0 Å². The summed E-state index contributed by atoms with van der Waals surface area (Å²) in [6.07, 6.45) is 4.66. The topological polar surface area (TPSA) is 0 Å². The van der Waals surface area contributed by atoms with E-state index in [-0.39, 0.29) is 5.82 Å². The first-order valence-corrected chi connectivity index (χ1v) is 8.12. The molecule has 108 valence electrons. The fourth-order valence-electron chi connectivity index (χ4n) is 4.50. The second-order valence-corrected chi connectivity index (χ2v) is 6.68. The molecule has 0 aromatic heterocycles. The van der Waals surface area contributed by atoms with Crippen LogP contribution >= 0.6 is 0 Å². The van der Waals surface area contributed by atoms with Gasteiger partial charge in [-0.05, 0) is 71.4 Å². The first kappa shape index (κ1) is 13.1. The van der Waals surface area contributed by atoms with Gasteiger partial charge >= 0.3 is 0 Å². The highest BCUT2D eigenvalue weighted by atomic mass is 19.1. The van der Waals surface area contributed by atoms with Crippen LogP contribution in [-0.2, 0) is 6.42 Å². The maximum atomic E-state index is 13.8. The molecule has 1 saturated carbocycles. The van der Waals surface area contributed by atoms with E-state index < -0.39 is 0 Å². The highest BCUT2D eigenvalue weighted by molar-refractivity contribution is 5.46. The Kier molecular flexibility index (Phi) is 3.10. The standard InChI is InChI=1S/C20H21F/c1-2-13-9-19-17-6-4-3-5-14(17)11-15-7-8-16(21)12-18(15)20(19)10-13/h3-8,12-13,19-20H,2,9-11H2,1H3/t13-,19+,20+/m0/s1. The molecule has 0 radical (unpaired) electrons. The van der Waals surface area contributed by atoms with E-state index in [4.69, 9.17) is 0 Å². The molecule has 0 unspecified atom stereocenters. The molecule has 3 atom stereocenters. The fourth-order valence-corrected chi connectivity index (χ4v) is 4.50. The lowest BCUT2D eigenvalue weighted by atomic mass is 9.84. The molecule has 2 aromatic carbocycles. The van der Waals surface area contributed by atoms with Crippen molar-refractivity contribution in [1.82, 2.24) is 0 Å². The lowest BCUT2D eigenvalue weighted by molar-refractivity contribution is 0.516. The molecule has 0 heterocycles. The number of halogens is 1. The van der Waals surface area contributed by atoms with Crippen LogP contribution in [0.5, 0.6) is 0 Å². The third-order valence-electron chi connectivity index (χ3n) is 5.58. The van der Waals surface area contributed by atoms with Crippen molar-refractivity contribution in [1.29, 1.82) is 0 Å². The molecule has 21 heavy (non-hydrogen) atoms. The quantitative estimate of drug-likeness (QED) is 0.654. The molecule has 4 rings (SSSR count). The van der Waals surface area contributed by atoms with Gasteiger partial charge in [0.25, 0.3) is 0 Å². The normalized spacial score (nSPS) is 26.7. The molecule has 2 aromatic rings.